The average molecular weight is 535 g/mol. The number of aromatic nitrogens is 1. The highest BCUT2D eigenvalue weighted by molar-refractivity contribution is 7.07. The molecule has 8 heteroatoms. The maximum Gasteiger partial charge on any atom is 0.271 e. The van der Waals surface area contributed by atoms with Crippen LogP contribution in [0.3, 0.4) is 0 Å². The van der Waals surface area contributed by atoms with E-state index < -0.39 is 0 Å². The number of hydrogen-bond donors (Lipinski definition) is 1. The molecule has 0 saturated heterocycles. The van der Waals surface area contributed by atoms with Crippen molar-refractivity contribution in [3.8, 4) is 11.5 Å². The maximum absolute atomic E-state index is 13.8. The summed E-state index contributed by atoms with van der Waals surface area (Å²) in [4.78, 5) is 19.5. The van der Waals surface area contributed by atoms with Gasteiger partial charge in [-0.05, 0) is 65.4 Å². The molecule has 0 radical (unpaired) electrons. The summed E-state index contributed by atoms with van der Waals surface area (Å²) in [5.74, 6) is 0.555. The Morgan fingerprint density at radius 3 is 2.64 bits per heavy atom. The molecule has 5 nitrogen and oxygen atoms in total. The monoisotopic (exact) mass is 534 g/mol. The van der Waals surface area contributed by atoms with Gasteiger partial charge < -0.3 is 9.84 Å². The lowest BCUT2D eigenvalue weighted by Gasteiger charge is -2.31. The zero-order valence-corrected chi connectivity index (χ0v) is 21.5. The Balaban J connectivity index is 1.62. The summed E-state index contributed by atoms with van der Waals surface area (Å²) in [5, 5.41) is 10.2. The molecule has 36 heavy (non-hydrogen) atoms. The quantitative estimate of drug-likeness (QED) is 0.385. The number of hydrogen-bond acceptors (Lipinski definition) is 5. The number of ether oxygens (including phenoxy) is 1. The fourth-order valence-corrected chi connectivity index (χ4v) is 6.46. The number of aromatic hydroxyl groups is 1. The fourth-order valence-electron chi connectivity index (χ4n) is 4.95. The lowest BCUT2D eigenvalue weighted by atomic mass is 9.83. The summed E-state index contributed by atoms with van der Waals surface area (Å²) in [6.45, 7) is 0. The Morgan fingerprint density at radius 2 is 1.86 bits per heavy atom. The second-order valence-corrected chi connectivity index (χ2v) is 10.5. The molecule has 1 aromatic heterocycles. The van der Waals surface area contributed by atoms with Crippen molar-refractivity contribution >= 4 is 46.3 Å². The zero-order chi connectivity index (χ0) is 25.0. The van der Waals surface area contributed by atoms with Gasteiger partial charge >= 0.3 is 0 Å². The van der Waals surface area contributed by atoms with E-state index in [1.165, 1.54) is 16.9 Å². The van der Waals surface area contributed by atoms with Gasteiger partial charge in [0.15, 0.2) is 10.6 Å². The molecule has 0 fully saturated rings. The van der Waals surface area contributed by atoms with Crippen molar-refractivity contribution in [2.75, 3.05) is 7.11 Å². The number of aryl methyl sites for hydroxylation is 1. The van der Waals surface area contributed by atoms with Gasteiger partial charge in [0.25, 0.3) is 5.56 Å². The standard InChI is InChI=1S/C28H20Cl2N2O3S/c1-35-18-7-4-6-17(14-18)25-20-10-9-16-5-2-3-8-19(16)24(20)31-28-32(25)27(34)23(36-28)13-15-11-21(29)26(33)22(30)12-15/h2-8,11-14,25,33H,9-10H2,1H3. The van der Waals surface area contributed by atoms with Gasteiger partial charge in [-0.2, -0.15) is 0 Å². The number of phenolic OH excluding ortho intramolecular Hbond substituents is 1. The van der Waals surface area contributed by atoms with Crippen LogP contribution in [0.5, 0.6) is 11.5 Å². The molecule has 0 amide bonds. The molecule has 1 unspecified atom stereocenters. The Morgan fingerprint density at radius 1 is 1.08 bits per heavy atom. The number of fused-ring (bicyclic) bond motifs is 3. The van der Waals surface area contributed by atoms with Gasteiger partial charge in [0, 0.05) is 5.56 Å². The van der Waals surface area contributed by atoms with Crippen LogP contribution in [0.1, 0.15) is 34.7 Å². The summed E-state index contributed by atoms with van der Waals surface area (Å²) in [6.07, 6.45) is 3.44. The summed E-state index contributed by atoms with van der Waals surface area (Å²) in [5.41, 5.74) is 5.89. The van der Waals surface area contributed by atoms with E-state index in [0.717, 1.165) is 41.0 Å². The van der Waals surface area contributed by atoms with Crippen LogP contribution < -0.4 is 19.6 Å². The highest BCUT2D eigenvalue weighted by atomic mass is 35.5. The van der Waals surface area contributed by atoms with Crippen LogP contribution >= 0.6 is 34.5 Å². The number of benzene rings is 3. The second kappa shape index (κ2) is 8.96. The number of rotatable bonds is 3. The molecule has 1 atom stereocenters. The molecular weight excluding hydrogens is 515 g/mol. The lowest BCUT2D eigenvalue weighted by Crippen LogP contribution is -2.38. The smallest absolute Gasteiger partial charge is 0.271 e. The average Bonchev–Trinajstić information content (AvgIpc) is 3.20. The number of halogens is 2. The molecule has 6 rings (SSSR count). The predicted octanol–water partition coefficient (Wildman–Crippen LogP) is 5.34. The fraction of sp³-hybridized carbons (Fsp3) is 0.143. The normalized spacial score (nSPS) is 16.8. The first kappa shape index (κ1) is 23.1. The molecule has 0 saturated carbocycles. The number of allylic oxidation sites excluding steroid dienone is 1. The van der Waals surface area contributed by atoms with Crippen LogP contribution in [-0.4, -0.2) is 16.8 Å². The van der Waals surface area contributed by atoms with E-state index >= 15 is 0 Å². The first-order valence-corrected chi connectivity index (χ1v) is 13.0. The van der Waals surface area contributed by atoms with Crippen LogP contribution in [0.15, 0.2) is 76.0 Å². The Labute approximate surface area is 220 Å². The lowest BCUT2D eigenvalue weighted by molar-refractivity contribution is 0.413. The van der Waals surface area contributed by atoms with Gasteiger partial charge in [0.05, 0.1) is 33.4 Å². The zero-order valence-electron chi connectivity index (χ0n) is 19.2. The molecule has 0 bridgehead atoms. The summed E-state index contributed by atoms with van der Waals surface area (Å²) >= 11 is 13.6. The molecule has 3 aromatic carbocycles. The van der Waals surface area contributed by atoms with Crippen LogP contribution in [0.4, 0.5) is 0 Å². The maximum atomic E-state index is 13.8. The minimum absolute atomic E-state index is 0.128. The Kier molecular flexibility index (Phi) is 5.75. The van der Waals surface area contributed by atoms with Crippen molar-refractivity contribution in [1.29, 1.82) is 0 Å². The molecule has 1 aliphatic carbocycles. The third-order valence-electron chi connectivity index (χ3n) is 6.62. The second-order valence-electron chi connectivity index (χ2n) is 8.72. The van der Waals surface area contributed by atoms with Gasteiger partial charge in [0.1, 0.15) is 5.75 Å². The first-order chi connectivity index (χ1) is 17.4. The van der Waals surface area contributed by atoms with Crippen LogP contribution in [0.2, 0.25) is 10.0 Å². The summed E-state index contributed by atoms with van der Waals surface area (Å²) in [7, 11) is 1.64. The predicted molar refractivity (Wildman–Crippen MR) is 144 cm³/mol. The van der Waals surface area contributed by atoms with Crippen molar-refractivity contribution in [2.45, 2.75) is 18.9 Å². The topological polar surface area (TPSA) is 63.8 Å². The van der Waals surface area contributed by atoms with E-state index in [4.69, 9.17) is 32.9 Å². The van der Waals surface area contributed by atoms with E-state index in [1.807, 2.05) is 30.3 Å². The van der Waals surface area contributed by atoms with E-state index in [0.29, 0.717) is 14.9 Å². The van der Waals surface area contributed by atoms with E-state index in [-0.39, 0.29) is 27.4 Å². The Bertz CT molecular complexity index is 1730. The molecule has 2 aliphatic rings. The van der Waals surface area contributed by atoms with Gasteiger partial charge in [-0.25, -0.2) is 4.99 Å². The SMILES string of the molecule is COc1cccc(C2C3=C(N=c4sc(=Cc5cc(Cl)c(O)c(Cl)c5)c(=O)n42)c2ccccc2CC3)c1. The molecule has 1 N–H and O–H groups in total. The van der Waals surface area contributed by atoms with E-state index in [1.54, 1.807) is 29.9 Å². The van der Waals surface area contributed by atoms with E-state index in [2.05, 4.69) is 18.2 Å². The number of phenols is 1. The number of nitrogens with zero attached hydrogens (tertiary/aromatic N) is 2. The Hall–Kier alpha value is -3.32. The molecular formula is C28H20Cl2N2O3S. The third-order valence-corrected chi connectivity index (χ3v) is 8.18. The van der Waals surface area contributed by atoms with Gasteiger partial charge in [-0.3, -0.25) is 9.36 Å². The van der Waals surface area contributed by atoms with Crippen LogP contribution in [-0.2, 0) is 6.42 Å². The van der Waals surface area contributed by atoms with Crippen molar-refractivity contribution in [2.24, 2.45) is 4.99 Å². The first-order valence-electron chi connectivity index (χ1n) is 11.4. The van der Waals surface area contributed by atoms with Crippen LogP contribution in [0, 0.1) is 0 Å². The molecule has 1 aliphatic heterocycles. The number of thiazole rings is 1. The van der Waals surface area contributed by atoms with E-state index in [9.17, 15) is 9.90 Å². The highest BCUT2D eigenvalue weighted by Crippen LogP contribution is 2.41. The molecule has 4 aromatic rings. The van der Waals surface area contributed by atoms with Crippen LogP contribution in [0.25, 0.3) is 11.8 Å². The third kappa shape index (κ3) is 3.77. The van der Waals surface area contributed by atoms with Gasteiger partial charge in [0.2, 0.25) is 0 Å². The van der Waals surface area contributed by atoms with Gasteiger partial charge in [-0.15, -0.1) is 0 Å². The van der Waals surface area contributed by atoms with Crippen molar-refractivity contribution in [1.82, 2.24) is 4.57 Å². The minimum atomic E-state index is -0.297. The largest absolute Gasteiger partial charge is 0.505 e. The highest BCUT2D eigenvalue weighted by Gasteiger charge is 2.32. The van der Waals surface area contributed by atoms with Crippen molar-refractivity contribution in [3.05, 3.63) is 118 Å². The van der Waals surface area contributed by atoms with Crippen molar-refractivity contribution in [3.63, 3.8) is 0 Å². The van der Waals surface area contributed by atoms with Gasteiger partial charge in [-0.1, -0.05) is 70.9 Å². The molecule has 0 spiro atoms. The summed E-state index contributed by atoms with van der Waals surface area (Å²) < 4.78 is 7.78. The van der Waals surface area contributed by atoms with Crippen molar-refractivity contribution < 1.29 is 9.84 Å². The summed E-state index contributed by atoms with van der Waals surface area (Å²) in [6, 6.07) is 19.1. The minimum Gasteiger partial charge on any atom is -0.505 e. The molecule has 2 heterocycles. The number of methoxy groups -OCH3 is 1. The molecule has 180 valence electrons.